The summed E-state index contributed by atoms with van der Waals surface area (Å²) in [6, 6.07) is 0.405. The third-order valence-corrected chi connectivity index (χ3v) is 4.30. The molecule has 0 bridgehead atoms. The largest absolute Gasteiger partial charge is 0.388 e. The van der Waals surface area contributed by atoms with E-state index in [0.29, 0.717) is 38.6 Å². The molecule has 19 heavy (non-hydrogen) atoms. The molecule has 2 N–H and O–H groups in total. The lowest BCUT2D eigenvalue weighted by Crippen LogP contribution is -2.50. The van der Waals surface area contributed by atoms with Crippen LogP contribution >= 0.6 is 0 Å². The molecular formula is C14H26N2O3. The fourth-order valence-corrected chi connectivity index (χ4v) is 3.10. The number of carbonyl (C=O) groups is 1. The van der Waals surface area contributed by atoms with Crippen molar-refractivity contribution in [3.63, 3.8) is 0 Å². The Morgan fingerprint density at radius 1 is 1.47 bits per heavy atom. The lowest BCUT2D eigenvalue weighted by molar-refractivity contribution is -0.142. The molecule has 2 unspecified atom stereocenters. The van der Waals surface area contributed by atoms with E-state index in [-0.39, 0.29) is 11.8 Å². The van der Waals surface area contributed by atoms with E-state index >= 15 is 0 Å². The molecule has 0 spiro atoms. The van der Waals surface area contributed by atoms with Gasteiger partial charge in [-0.25, -0.2) is 0 Å². The monoisotopic (exact) mass is 270 g/mol. The molecule has 2 fully saturated rings. The molecule has 0 radical (unpaired) electrons. The first kappa shape index (κ1) is 14.8. The summed E-state index contributed by atoms with van der Waals surface area (Å²) in [5.74, 6) is 0.276. The van der Waals surface area contributed by atoms with E-state index < -0.39 is 5.60 Å². The molecular weight excluding hydrogens is 244 g/mol. The molecule has 0 saturated carbocycles. The topological polar surface area (TPSA) is 61.8 Å². The van der Waals surface area contributed by atoms with Crippen molar-refractivity contribution in [3.8, 4) is 0 Å². The van der Waals surface area contributed by atoms with E-state index in [1.54, 1.807) is 4.90 Å². The van der Waals surface area contributed by atoms with Crippen LogP contribution in [0.5, 0.6) is 0 Å². The Kier molecular flexibility index (Phi) is 4.81. The number of nitrogens with one attached hydrogen (secondary N) is 1. The molecule has 2 atom stereocenters. The van der Waals surface area contributed by atoms with Crippen LogP contribution < -0.4 is 5.32 Å². The minimum atomic E-state index is -0.763. The maximum atomic E-state index is 12.4. The molecule has 2 heterocycles. The quantitative estimate of drug-likeness (QED) is 0.778. The van der Waals surface area contributed by atoms with Crippen LogP contribution in [-0.4, -0.2) is 60.9 Å². The fourth-order valence-electron chi connectivity index (χ4n) is 3.10. The minimum Gasteiger partial charge on any atom is -0.388 e. The van der Waals surface area contributed by atoms with E-state index in [4.69, 9.17) is 4.74 Å². The first-order valence-electron chi connectivity index (χ1n) is 7.29. The van der Waals surface area contributed by atoms with Gasteiger partial charge in [-0.2, -0.15) is 0 Å². The Bertz CT molecular complexity index is 316. The van der Waals surface area contributed by atoms with E-state index in [0.717, 1.165) is 19.4 Å². The molecule has 2 rings (SSSR count). The minimum absolute atomic E-state index is 0.102. The van der Waals surface area contributed by atoms with Crippen molar-refractivity contribution in [1.29, 1.82) is 0 Å². The van der Waals surface area contributed by atoms with Crippen molar-refractivity contribution in [2.45, 2.75) is 44.2 Å². The second kappa shape index (κ2) is 6.20. The summed E-state index contributed by atoms with van der Waals surface area (Å²) in [6.07, 6.45) is 3.03. The van der Waals surface area contributed by atoms with E-state index in [9.17, 15) is 9.90 Å². The highest BCUT2D eigenvalue weighted by Crippen LogP contribution is 2.24. The number of amides is 1. The summed E-state index contributed by atoms with van der Waals surface area (Å²) in [4.78, 5) is 14.1. The summed E-state index contributed by atoms with van der Waals surface area (Å²) in [7, 11) is 1.81. The standard InChI is InChI=1S/C14H26N2O3/c1-11-9-12(3-6-15-11)13(17)16(2)10-14(18)4-7-19-8-5-14/h11-12,15,18H,3-10H2,1-2H3. The molecule has 2 aliphatic rings. The maximum absolute atomic E-state index is 12.4. The van der Waals surface area contributed by atoms with Gasteiger partial charge in [-0.3, -0.25) is 4.79 Å². The Balaban J connectivity index is 1.87. The van der Waals surface area contributed by atoms with Crippen molar-refractivity contribution in [3.05, 3.63) is 0 Å². The molecule has 0 aromatic rings. The van der Waals surface area contributed by atoms with Gasteiger partial charge in [-0.05, 0) is 26.3 Å². The van der Waals surface area contributed by atoms with Gasteiger partial charge < -0.3 is 20.1 Å². The zero-order valence-electron chi connectivity index (χ0n) is 12.0. The Hall–Kier alpha value is -0.650. The van der Waals surface area contributed by atoms with E-state index in [2.05, 4.69) is 12.2 Å². The van der Waals surface area contributed by atoms with Gasteiger partial charge in [0.15, 0.2) is 0 Å². The Morgan fingerprint density at radius 3 is 2.79 bits per heavy atom. The zero-order valence-corrected chi connectivity index (χ0v) is 12.0. The lowest BCUT2D eigenvalue weighted by atomic mass is 9.90. The highest BCUT2D eigenvalue weighted by atomic mass is 16.5. The molecule has 2 saturated heterocycles. The predicted octanol–water partition coefficient (Wildman–Crippen LogP) is 0.374. The van der Waals surface area contributed by atoms with Crippen molar-refractivity contribution in [2.24, 2.45) is 5.92 Å². The van der Waals surface area contributed by atoms with Gasteiger partial charge in [0.05, 0.1) is 5.60 Å². The van der Waals surface area contributed by atoms with Crippen LogP contribution in [0.3, 0.4) is 0 Å². The molecule has 0 aromatic heterocycles. The molecule has 0 aliphatic carbocycles. The zero-order chi connectivity index (χ0) is 13.9. The average Bonchev–Trinajstić information content (AvgIpc) is 2.38. The number of rotatable bonds is 3. The Morgan fingerprint density at radius 2 is 2.16 bits per heavy atom. The third kappa shape index (κ3) is 3.91. The number of nitrogens with zero attached hydrogens (tertiary/aromatic N) is 1. The van der Waals surface area contributed by atoms with Gasteiger partial charge in [0.2, 0.25) is 5.91 Å². The molecule has 110 valence electrons. The fraction of sp³-hybridized carbons (Fsp3) is 0.929. The van der Waals surface area contributed by atoms with Crippen molar-refractivity contribution >= 4 is 5.91 Å². The van der Waals surface area contributed by atoms with Gasteiger partial charge >= 0.3 is 0 Å². The average molecular weight is 270 g/mol. The summed E-state index contributed by atoms with van der Waals surface area (Å²) in [5.41, 5.74) is -0.763. The highest BCUT2D eigenvalue weighted by Gasteiger charge is 2.34. The van der Waals surface area contributed by atoms with Crippen molar-refractivity contribution in [1.82, 2.24) is 10.2 Å². The smallest absolute Gasteiger partial charge is 0.225 e. The number of hydrogen-bond donors (Lipinski definition) is 2. The van der Waals surface area contributed by atoms with Crippen LogP contribution in [0.2, 0.25) is 0 Å². The van der Waals surface area contributed by atoms with Gasteiger partial charge in [-0.15, -0.1) is 0 Å². The highest BCUT2D eigenvalue weighted by molar-refractivity contribution is 5.78. The van der Waals surface area contributed by atoms with Crippen molar-refractivity contribution < 1.29 is 14.6 Å². The van der Waals surface area contributed by atoms with Gasteiger partial charge in [0.25, 0.3) is 0 Å². The summed E-state index contributed by atoms with van der Waals surface area (Å²) in [6.45, 7) is 4.62. The molecule has 0 aromatic carbocycles. The van der Waals surface area contributed by atoms with Crippen molar-refractivity contribution in [2.75, 3.05) is 33.4 Å². The van der Waals surface area contributed by atoms with Crippen LogP contribution in [0.15, 0.2) is 0 Å². The van der Waals surface area contributed by atoms with E-state index in [1.165, 1.54) is 0 Å². The van der Waals surface area contributed by atoms with E-state index in [1.807, 2.05) is 7.05 Å². The SMILES string of the molecule is CC1CC(C(=O)N(C)CC2(O)CCOCC2)CCN1. The second-order valence-electron chi connectivity index (χ2n) is 6.11. The lowest BCUT2D eigenvalue weighted by Gasteiger charge is -2.37. The van der Waals surface area contributed by atoms with Crippen LogP contribution in [0, 0.1) is 5.92 Å². The normalized spacial score (nSPS) is 30.9. The molecule has 5 heteroatoms. The van der Waals surface area contributed by atoms with Crippen LogP contribution in [-0.2, 0) is 9.53 Å². The molecule has 1 amide bonds. The predicted molar refractivity (Wildman–Crippen MR) is 72.8 cm³/mol. The summed E-state index contributed by atoms with van der Waals surface area (Å²) >= 11 is 0. The first-order valence-corrected chi connectivity index (χ1v) is 7.29. The number of likely N-dealkylation sites (N-methyl/N-ethyl adjacent to an activating group) is 1. The number of ether oxygens (including phenoxy) is 1. The number of carbonyl (C=O) groups excluding carboxylic acids is 1. The molecule has 5 nitrogen and oxygen atoms in total. The van der Waals surface area contributed by atoms with Gasteiger partial charge in [0, 0.05) is 51.6 Å². The van der Waals surface area contributed by atoms with Crippen LogP contribution in [0.1, 0.15) is 32.6 Å². The van der Waals surface area contributed by atoms with Gasteiger partial charge in [0.1, 0.15) is 0 Å². The second-order valence-corrected chi connectivity index (χ2v) is 6.11. The third-order valence-electron chi connectivity index (χ3n) is 4.30. The number of aliphatic hydroxyl groups is 1. The number of hydrogen-bond acceptors (Lipinski definition) is 4. The van der Waals surface area contributed by atoms with Crippen LogP contribution in [0.25, 0.3) is 0 Å². The summed E-state index contributed by atoms with van der Waals surface area (Å²) in [5, 5.41) is 13.8. The maximum Gasteiger partial charge on any atom is 0.225 e. The summed E-state index contributed by atoms with van der Waals surface area (Å²) < 4.78 is 5.27. The van der Waals surface area contributed by atoms with Gasteiger partial charge in [-0.1, -0.05) is 0 Å². The first-order chi connectivity index (χ1) is 9.00. The number of piperidine rings is 1. The Labute approximate surface area is 115 Å². The molecule has 2 aliphatic heterocycles. The van der Waals surface area contributed by atoms with Crippen LogP contribution in [0.4, 0.5) is 0 Å².